The second-order valence-corrected chi connectivity index (χ2v) is 9.27. The Morgan fingerprint density at radius 1 is 1.04 bits per heavy atom. The Hall–Kier alpha value is -2.81. The van der Waals surface area contributed by atoms with Gasteiger partial charge in [0.2, 0.25) is 15.9 Å². The third-order valence-electron chi connectivity index (χ3n) is 4.43. The molecule has 142 valence electrons. The maximum absolute atomic E-state index is 12.8. The van der Waals surface area contributed by atoms with Gasteiger partial charge < -0.3 is 5.32 Å². The van der Waals surface area contributed by atoms with E-state index in [-0.39, 0.29) is 11.4 Å². The summed E-state index contributed by atoms with van der Waals surface area (Å²) in [5, 5.41) is 5.46. The third-order valence-corrected chi connectivity index (χ3v) is 7.01. The van der Waals surface area contributed by atoms with Gasteiger partial charge in [-0.25, -0.2) is 8.42 Å². The molecule has 0 fully saturated rings. The third kappa shape index (κ3) is 3.62. The summed E-state index contributed by atoms with van der Waals surface area (Å²) >= 11 is 1.38. The Morgan fingerprint density at radius 3 is 2.64 bits per heavy atom. The van der Waals surface area contributed by atoms with E-state index in [2.05, 4.69) is 9.69 Å². The molecule has 6 nitrogen and oxygen atoms in total. The summed E-state index contributed by atoms with van der Waals surface area (Å²) in [6.07, 6.45) is 1.73. The zero-order valence-corrected chi connectivity index (χ0v) is 16.6. The van der Waals surface area contributed by atoms with Gasteiger partial charge in [-0.1, -0.05) is 30.3 Å². The van der Waals surface area contributed by atoms with Gasteiger partial charge in [0, 0.05) is 24.3 Å². The number of nitrogens with one attached hydrogen (secondary N) is 1. The van der Waals surface area contributed by atoms with Crippen LogP contribution < -0.4 is 5.32 Å². The van der Waals surface area contributed by atoms with Gasteiger partial charge in [0.15, 0.2) is 0 Å². The number of hydrogen-bond donors (Lipinski definition) is 1. The number of fused-ring (bicyclic) bond motifs is 2. The molecule has 0 saturated heterocycles. The predicted molar refractivity (Wildman–Crippen MR) is 112 cm³/mol. The lowest BCUT2D eigenvalue weighted by Crippen LogP contribution is -2.34. The van der Waals surface area contributed by atoms with Crippen molar-refractivity contribution in [2.45, 2.75) is 4.90 Å². The number of amides is 1. The lowest BCUT2D eigenvalue weighted by Gasteiger charge is -2.17. The zero-order valence-electron chi connectivity index (χ0n) is 15.0. The minimum Gasteiger partial charge on any atom is -0.325 e. The molecule has 1 N–H and O–H groups in total. The molecule has 1 heterocycles. The highest BCUT2D eigenvalue weighted by Crippen LogP contribution is 2.23. The van der Waals surface area contributed by atoms with Crippen LogP contribution in [0.3, 0.4) is 0 Å². The molecule has 0 aliphatic rings. The molecule has 0 saturated carbocycles. The second kappa shape index (κ2) is 7.31. The van der Waals surface area contributed by atoms with Gasteiger partial charge in [0.25, 0.3) is 0 Å². The molecule has 0 unspecified atom stereocenters. The van der Waals surface area contributed by atoms with Crippen LogP contribution in [0.5, 0.6) is 0 Å². The quantitative estimate of drug-likeness (QED) is 0.543. The molecule has 4 rings (SSSR count). The first kappa shape index (κ1) is 18.5. The van der Waals surface area contributed by atoms with Crippen molar-refractivity contribution in [3.63, 3.8) is 0 Å². The van der Waals surface area contributed by atoms with Gasteiger partial charge in [-0.2, -0.15) is 8.68 Å². The van der Waals surface area contributed by atoms with Crippen molar-refractivity contribution < 1.29 is 13.2 Å². The molecule has 0 aliphatic carbocycles. The average Bonchev–Trinajstić information content (AvgIpc) is 3.15. The number of nitrogens with zero attached hydrogens (tertiary/aromatic N) is 2. The van der Waals surface area contributed by atoms with Crippen LogP contribution in [0, 0.1) is 0 Å². The summed E-state index contributed by atoms with van der Waals surface area (Å²) < 4.78 is 31.9. The number of hydrogen-bond acceptors (Lipinski definition) is 5. The van der Waals surface area contributed by atoms with E-state index in [0.717, 1.165) is 25.2 Å². The Balaban J connectivity index is 1.50. The van der Waals surface area contributed by atoms with E-state index in [1.807, 2.05) is 36.4 Å². The molecule has 0 radical (unpaired) electrons. The predicted octanol–water partition coefficient (Wildman–Crippen LogP) is 3.71. The fourth-order valence-corrected chi connectivity index (χ4v) is 4.73. The minimum absolute atomic E-state index is 0.160. The van der Waals surface area contributed by atoms with Crippen molar-refractivity contribution in [2.24, 2.45) is 0 Å². The first-order chi connectivity index (χ1) is 13.4. The number of aromatic nitrogens is 1. The molecule has 4 aromatic rings. The maximum atomic E-state index is 12.8. The van der Waals surface area contributed by atoms with Crippen LogP contribution in [0.4, 0.5) is 5.69 Å². The summed E-state index contributed by atoms with van der Waals surface area (Å²) in [6, 6.07) is 17.9. The van der Waals surface area contributed by atoms with Crippen LogP contribution in [0.1, 0.15) is 0 Å². The molecule has 0 bridgehead atoms. The average molecular weight is 412 g/mol. The van der Waals surface area contributed by atoms with Crippen molar-refractivity contribution in [1.29, 1.82) is 0 Å². The molecular formula is C20H17N3O3S2. The van der Waals surface area contributed by atoms with Gasteiger partial charge in [-0.3, -0.25) is 4.79 Å². The van der Waals surface area contributed by atoms with Gasteiger partial charge in [-0.15, -0.1) is 0 Å². The summed E-state index contributed by atoms with van der Waals surface area (Å²) in [6.45, 7) is -0.283. The van der Waals surface area contributed by atoms with Crippen LogP contribution in [0.2, 0.25) is 0 Å². The van der Waals surface area contributed by atoms with Crippen LogP contribution in [0.25, 0.3) is 20.9 Å². The van der Waals surface area contributed by atoms with Gasteiger partial charge in [0.05, 0.1) is 16.1 Å². The summed E-state index contributed by atoms with van der Waals surface area (Å²) in [5.41, 5.74) is 0.606. The molecule has 8 heteroatoms. The Labute approximate surface area is 166 Å². The molecular weight excluding hydrogens is 394 g/mol. The van der Waals surface area contributed by atoms with E-state index in [4.69, 9.17) is 0 Å². The molecule has 1 amide bonds. The summed E-state index contributed by atoms with van der Waals surface area (Å²) in [4.78, 5) is 12.5. The Morgan fingerprint density at radius 2 is 1.82 bits per heavy atom. The molecule has 0 atom stereocenters. The molecule has 3 aromatic carbocycles. The number of anilines is 1. The standard InChI is InChI=1S/C20H17N3O3S2/c1-23(13-20(24)22-17-7-9-19-16(10-17)12-21-27-19)28(25,26)18-8-6-14-4-2-3-5-15(14)11-18/h2-12H,13H2,1H3,(H,22,24). The number of carbonyl (C=O) groups excluding carboxylic acids is 1. The highest BCUT2D eigenvalue weighted by atomic mass is 32.2. The fraction of sp³-hybridized carbons (Fsp3) is 0.100. The highest BCUT2D eigenvalue weighted by Gasteiger charge is 2.23. The van der Waals surface area contributed by atoms with Crippen LogP contribution >= 0.6 is 11.5 Å². The summed E-state index contributed by atoms with van der Waals surface area (Å²) in [5.74, 6) is -0.408. The van der Waals surface area contributed by atoms with Crippen molar-refractivity contribution in [3.8, 4) is 0 Å². The topological polar surface area (TPSA) is 79.4 Å². The Kier molecular flexibility index (Phi) is 4.84. The van der Waals surface area contributed by atoms with Gasteiger partial charge in [0.1, 0.15) is 0 Å². The molecule has 0 spiro atoms. The summed E-state index contributed by atoms with van der Waals surface area (Å²) in [7, 11) is -2.38. The monoisotopic (exact) mass is 411 g/mol. The number of sulfonamides is 1. The number of benzene rings is 3. The lowest BCUT2D eigenvalue weighted by atomic mass is 10.1. The van der Waals surface area contributed by atoms with E-state index in [0.29, 0.717) is 5.69 Å². The number of rotatable bonds is 5. The first-order valence-electron chi connectivity index (χ1n) is 8.53. The van der Waals surface area contributed by atoms with E-state index in [1.165, 1.54) is 18.6 Å². The second-order valence-electron chi connectivity index (χ2n) is 6.40. The lowest BCUT2D eigenvalue weighted by molar-refractivity contribution is -0.116. The largest absolute Gasteiger partial charge is 0.325 e. The van der Waals surface area contributed by atoms with Gasteiger partial charge >= 0.3 is 0 Å². The maximum Gasteiger partial charge on any atom is 0.243 e. The van der Waals surface area contributed by atoms with E-state index >= 15 is 0 Å². The van der Waals surface area contributed by atoms with Crippen molar-refractivity contribution in [3.05, 3.63) is 66.9 Å². The Bertz CT molecular complexity index is 1280. The molecule has 28 heavy (non-hydrogen) atoms. The van der Waals surface area contributed by atoms with Crippen molar-refractivity contribution in [1.82, 2.24) is 8.68 Å². The first-order valence-corrected chi connectivity index (χ1v) is 10.7. The molecule has 1 aromatic heterocycles. The zero-order chi connectivity index (χ0) is 19.7. The minimum atomic E-state index is -3.78. The van der Waals surface area contributed by atoms with Crippen molar-refractivity contribution in [2.75, 3.05) is 18.9 Å². The van der Waals surface area contributed by atoms with Crippen LogP contribution in [-0.4, -0.2) is 36.6 Å². The van der Waals surface area contributed by atoms with E-state index < -0.39 is 15.9 Å². The SMILES string of the molecule is CN(CC(=O)Nc1ccc2sncc2c1)S(=O)(=O)c1ccc2ccccc2c1. The number of likely N-dealkylation sites (N-methyl/N-ethyl adjacent to an activating group) is 1. The fourth-order valence-electron chi connectivity index (χ4n) is 2.95. The van der Waals surface area contributed by atoms with Gasteiger partial charge in [-0.05, 0) is 52.6 Å². The van der Waals surface area contributed by atoms with Crippen molar-refractivity contribution >= 4 is 54.0 Å². The van der Waals surface area contributed by atoms with Crippen LogP contribution in [0.15, 0.2) is 71.8 Å². The van der Waals surface area contributed by atoms with E-state index in [9.17, 15) is 13.2 Å². The normalized spacial score (nSPS) is 11.9. The molecule has 0 aliphatic heterocycles. The smallest absolute Gasteiger partial charge is 0.243 e. The number of carbonyl (C=O) groups is 1. The van der Waals surface area contributed by atoms with E-state index in [1.54, 1.807) is 30.5 Å². The highest BCUT2D eigenvalue weighted by molar-refractivity contribution is 7.89. The van der Waals surface area contributed by atoms with Crippen LogP contribution in [-0.2, 0) is 14.8 Å².